The first-order valence-electron chi connectivity index (χ1n) is 3.50. The van der Waals surface area contributed by atoms with Gasteiger partial charge in [0.2, 0.25) is 0 Å². The van der Waals surface area contributed by atoms with E-state index in [-0.39, 0.29) is 6.04 Å². The molecule has 0 aliphatic carbocycles. The van der Waals surface area contributed by atoms with E-state index in [2.05, 4.69) is 21.4 Å². The number of aromatic nitrogens is 2. The number of hydrogen-bond acceptors (Lipinski definition) is 2. The molecule has 0 radical (unpaired) electrons. The van der Waals surface area contributed by atoms with Crippen LogP contribution in [-0.4, -0.2) is 16.7 Å². The molecule has 1 aromatic rings. The van der Waals surface area contributed by atoms with E-state index in [0.29, 0.717) is 6.54 Å². The molecular weight excluding hydrogens is 138 g/mol. The van der Waals surface area contributed by atoms with Crippen LogP contribution >= 0.6 is 0 Å². The van der Waals surface area contributed by atoms with Crippen LogP contribution in [0, 0.1) is 12.3 Å². The molecule has 58 valence electrons. The third kappa shape index (κ3) is 2.10. The molecule has 0 aliphatic heterocycles. The molecule has 1 unspecified atom stereocenters. The molecule has 1 heterocycles. The van der Waals surface area contributed by atoms with Crippen molar-refractivity contribution in [1.82, 2.24) is 15.5 Å². The monoisotopic (exact) mass is 149 g/mol. The average Bonchev–Trinajstić information content (AvgIpc) is 2.52. The van der Waals surface area contributed by atoms with Crippen molar-refractivity contribution in [2.75, 3.05) is 6.54 Å². The maximum Gasteiger partial charge on any atom is 0.0578 e. The minimum absolute atomic E-state index is 0.244. The molecule has 0 saturated heterocycles. The second-order valence-corrected chi connectivity index (χ2v) is 2.32. The lowest BCUT2D eigenvalue weighted by molar-refractivity contribution is 0.604. The first-order chi connectivity index (χ1) is 5.34. The predicted octanol–water partition coefficient (Wildman–Crippen LogP) is 0.693. The van der Waals surface area contributed by atoms with Crippen LogP contribution in [0.4, 0.5) is 0 Å². The van der Waals surface area contributed by atoms with Gasteiger partial charge in [0.15, 0.2) is 0 Å². The highest BCUT2D eigenvalue weighted by Gasteiger charge is 2.02. The number of terminal acetylenes is 1. The van der Waals surface area contributed by atoms with Gasteiger partial charge in [0, 0.05) is 12.2 Å². The smallest absolute Gasteiger partial charge is 0.0578 e. The summed E-state index contributed by atoms with van der Waals surface area (Å²) in [5, 5.41) is 9.83. The molecule has 11 heavy (non-hydrogen) atoms. The Morgan fingerprint density at radius 1 is 1.91 bits per heavy atom. The lowest BCUT2D eigenvalue weighted by Crippen LogP contribution is -2.18. The van der Waals surface area contributed by atoms with E-state index in [0.717, 1.165) is 5.69 Å². The number of nitrogens with one attached hydrogen (secondary N) is 2. The van der Waals surface area contributed by atoms with E-state index in [1.54, 1.807) is 6.20 Å². The summed E-state index contributed by atoms with van der Waals surface area (Å²) in [5.74, 6) is 2.52. The molecule has 3 nitrogen and oxygen atoms in total. The molecule has 0 bridgehead atoms. The molecular formula is C8H11N3. The maximum absolute atomic E-state index is 5.09. The molecule has 0 saturated carbocycles. The Morgan fingerprint density at radius 3 is 3.27 bits per heavy atom. The Hall–Kier alpha value is -1.27. The van der Waals surface area contributed by atoms with Crippen molar-refractivity contribution >= 4 is 0 Å². The van der Waals surface area contributed by atoms with Crippen molar-refractivity contribution in [3.8, 4) is 12.3 Å². The molecule has 1 atom stereocenters. The predicted molar refractivity (Wildman–Crippen MR) is 43.8 cm³/mol. The minimum Gasteiger partial charge on any atom is -0.298 e. The lowest BCUT2D eigenvalue weighted by Gasteiger charge is -2.07. The van der Waals surface area contributed by atoms with Gasteiger partial charge in [-0.1, -0.05) is 5.92 Å². The third-order valence-corrected chi connectivity index (χ3v) is 1.50. The first-order valence-corrected chi connectivity index (χ1v) is 3.50. The first kappa shape index (κ1) is 7.83. The maximum atomic E-state index is 5.09. The second-order valence-electron chi connectivity index (χ2n) is 2.32. The number of hydrogen-bond donors (Lipinski definition) is 2. The Bertz CT molecular complexity index is 232. The number of aromatic amines is 1. The summed E-state index contributed by atoms with van der Waals surface area (Å²) in [6.45, 7) is 2.62. The Balaban J connectivity index is 2.44. The van der Waals surface area contributed by atoms with Gasteiger partial charge in [-0.3, -0.25) is 10.4 Å². The van der Waals surface area contributed by atoms with E-state index in [1.165, 1.54) is 0 Å². The van der Waals surface area contributed by atoms with E-state index >= 15 is 0 Å². The van der Waals surface area contributed by atoms with Crippen LogP contribution in [0.15, 0.2) is 12.3 Å². The summed E-state index contributed by atoms with van der Waals surface area (Å²) < 4.78 is 0. The highest BCUT2D eigenvalue weighted by molar-refractivity contribution is 5.04. The normalized spacial score (nSPS) is 12.4. The molecule has 0 amide bonds. The van der Waals surface area contributed by atoms with Crippen molar-refractivity contribution < 1.29 is 0 Å². The zero-order chi connectivity index (χ0) is 8.10. The van der Waals surface area contributed by atoms with Gasteiger partial charge in [-0.15, -0.1) is 6.42 Å². The van der Waals surface area contributed by atoms with Crippen molar-refractivity contribution in [3.63, 3.8) is 0 Å². The second kappa shape index (κ2) is 3.79. The van der Waals surface area contributed by atoms with Crippen molar-refractivity contribution in [1.29, 1.82) is 0 Å². The number of rotatable bonds is 3. The van der Waals surface area contributed by atoms with Crippen LogP contribution < -0.4 is 5.32 Å². The van der Waals surface area contributed by atoms with Gasteiger partial charge in [0.1, 0.15) is 0 Å². The van der Waals surface area contributed by atoms with Gasteiger partial charge >= 0.3 is 0 Å². The third-order valence-electron chi connectivity index (χ3n) is 1.50. The highest BCUT2D eigenvalue weighted by atomic mass is 15.1. The Kier molecular flexibility index (Phi) is 2.70. The van der Waals surface area contributed by atoms with Crippen molar-refractivity contribution in [2.45, 2.75) is 13.0 Å². The molecule has 0 fully saturated rings. The molecule has 3 heteroatoms. The number of H-pyrrole nitrogens is 1. The lowest BCUT2D eigenvalue weighted by atomic mass is 10.2. The zero-order valence-corrected chi connectivity index (χ0v) is 6.46. The highest BCUT2D eigenvalue weighted by Crippen LogP contribution is 2.05. The fourth-order valence-electron chi connectivity index (χ4n) is 0.830. The van der Waals surface area contributed by atoms with Crippen LogP contribution in [-0.2, 0) is 0 Å². The summed E-state index contributed by atoms with van der Waals surface area (Å²) in [6, 6.07) is 2.17. The van der Waals surface area contributed by atoms with Gasteiger partial charge in [0.25, 0.3) is 0 Å². The molecule has 1 aromatic heterocycles. The number of nitrogens with zero attached hydrogens (tertiary/aromatic N) is 1. The Labute approximate surface area is 66.2 Å². The van der Waals surface area contributed by atoms with Gasteiger partial charge in [-0.05, 0) is 13.0 Å². The van der Waals surface area contributed by atoms with Crippen molar-refractivity contribution in [2.24, 2.45) is 0 Å². The molecule has 2 N–H and O–H groups in total. The fourth-order valence-corrected chi connectivity index (χ4v) is 0.830. The summed E-state index contributed by atoms with van der Waals surface area (Å²) in [5.41, 5.74) is 1.06. The largest absolute Gasteiger partial charge is 0.298 e. The van der Waals surface area contributed by atoms with Gasteiger partial charge in [-0.2, -0.15) is 5.10 Å². The van der Waals surface area contributed by atoms with E-state index in [1.807, 2.05) is 13.0 Å². The Morgan fingerprint density at radius 2 is 2.73 bits per heavy atom. The molecule has 0 aromatic carbocycles. The zero-order valence-electron chi connectivity index (χ0n) is 6.46. The molecule has 1 rings (SSSR count). The van der Waals surface area contributed by atoms with Gasteiger partial charge in [0.05, 0.1) is 12.2 Å². The van der Waals surface area contributed by atoms with E-state index in [4.69, 9.17) is 6.42 Å². The van der Waals surface area contributed by atoms with E-state index in [9.17, 15) is 0 Å². The quantitative estimate of drug-likeness (QED) is 0.621. The van der Waals surface area contributed by atoms with E-state index < -0.39 is 0 Å². The standard InChI is InChI=1S/C8H11N3/c1-3-5-9-7(2)8-4-6-10-11-8/h1,4,6-7,9H,5H2,2H3,(H,10,11). The summed E-state index contributed by atoms with van der Waals surface area (Å²) >= 11 is 0. The molecule has 0 aliphatic rings. The summed E-state index contributed by atoms with van der Waals surface area (Å²) in [6.07, 6.45) is 6.82. The van der Waals surface area contributed by atoms with Crippen molar-refractivity contribution in [3.05, 3.63) is 18.0 Å². The van der Waals surface area contributed by atoms with Crippen LogP contribution in [0.5, 0.6) is 0 Å². The van der Waals surface area contributed by atoms with Crippen LogP contribution in [0.3, 0.4) is 0 Å². The fraction of sp³-hybridized carbons (Fsp3) is 0.375. The topological polar surface area (TPSA) is 40.7 Å². The summed E-state index contributed by atoms with van der Waals surface area (Å²) in [7, 11) is 0. The van der Waals surface area contributed by atoms with Crippen LogP contribution in [0.25, 0.3) is 0 Å². The van der Waals surface area contributed by atoms with Gasteiger partial charge < -0.3 is 0 Å². The molecule has 0 spiro atoms. The van der Waals surface area contributed by atoms with Crippen LogP contribution in [0.1, 0.15) is 18.7 Å². The van der Waals surface area contributed by atoms with Crippen LogP contribution in [0.2, 0.25) is 0 Å². The summed E-state index contributed by atoms with van der Waals surface area (Å²) in [4.78, 5) is 0. The van der Waals surface area contributed by atoms with Gasteiger partial charge in [-0.25, -0.2) is 0 Å². The average molecular weight is 149 g/mol. The minimum atomic E-state index is 0.244. The SMILES string of the molecule is C#CCNC(C)c1ccn[nH]1.